The minimum Gasteiger partial charge on any atom is -0.396 e. The van der Waals surface area contributed by atoms with Crippen LogP contribution in [0, 0.1) is 5.82 Å². The molecule has 2 atom stereocenters. The van der Waals surface area contributed by atoms with Gasteiger partial charge in [-0.05, 0) is 38.0 Å². The smallest absolute Gasteiger partial charge is 0.123 e. The minimum atomic E-state index is -0.212. The van der Waals surface area contributed by atoms with Crippen LogP contribution < -0.4 is 5.32 Å². The van der Waals surface area contributed by atoms with E-state index >= 15 is 0 Å². The first-order valence-corrected chi connectivity index (χ1v) is 5.26. The number of aliphatic hydroxyl groups is 1. The van der Waals surface area contributed by atoms with E-state index in [2.05, 4.69) is 5.32 Å². The van der Waals surface area contributed by atoms with Crippen LogP contribution in [0.25, 0.3) is 0 Å². The summed E-state index contributed by atoms with van der Waals surface area (Å²) >= 11 is 0. The molecule has 0 amide bonds. The number of nitrogens with one attached hydrogen (secondary N) is 1. The Morgan fingerprint density at radius 3 is 2.73 bits per heavy atom. The maximum atomic E-state index is 12.9. The van der Waals surface area contributed by atoms with Gasteiger partial charge in [-0.15, -0.1) is 0 Å². The van der Waals surface area contributed by atoms with E-state index in [1.54, 1.807) is 6.07 Å². The highest BCUT2D eigenvalue weighted by Crippen LogP contribution is 2.14. The first-order chi connectivity index (χ1) is 7.13. The second-order valence-electron chi connectivity index (χ2n) is 3.86. The van der Waals surface area contributed by atoms with Crippen LogP contribution in [0.3, 0.4) is 0 Å². The van der Waals surface area contributed by atoms with Crippen molar-refractivity contribution in [2.24, 2.45) is 0 Å². The summed E-state index contributed by atoms with van der Waals surface area (Å²) in [6, 6.07) is 6.90. The largest absolute Gasteiger partial charge is 0.396 e. The number of rotatable bonds is 5. The summed E-state index contributed by atoms with van der Waals surface area (Å²) in [7, 11) is 0. The molecule has 0 aliphatic rings. The van der Waals surface area contributed by atoms with Gasteiger partial charge in [-0.3, -0.25) is 0 Å². The van der Waals surface area contributed by atoms with Gasteiger partial charge in [0, 0.05) is 18.7 Å². The van der Waals surface area contributed by atoms with Crippen molar-refractivity contribution in [1.29, 1.82) is 0 Å². The van der Waals surface area contributed by atoms with Crippen molar-refractivity contribution < 1.29 is 9.50 Å². The molecule has 15 heavy (non-hydrogen) atoms. The Morgan fingerprint density at radius 2 is 2.13 bits per heavy atom. The van der Waals surface area contributed by atoms with Crippen LogP contribution in [-0.4, -0.2) is 17.8 Å². The minimum absolute atomic E-state index is 0.0993. The van der Waals surface area contributed by atoms with Gasteiger partial charge in [0.2, 0.25) is 0 Å². The molecule has 0 aromatic heterocycles. The first-order valence-electron chi connectivity index (χ1n) is 5.26. The lowest BCUT2D eigenvalue weighted by Crippen LogP contribution is -2.29. The lowest BCUT2D eigenvalue weighted by atomic mass is 10.1. The van der Waals surface area contributed by atoms with Crippen LogP contribution >= 0.6 is 0 Å². The molecule has 84 valence electrons. The average molecular weight is 211 g/mol. The second kappa shape index (κ2) is 5.83. The molecule has 1 aromatic carbocycles. The van der Waals surface area contributed by atoms with E-state index in [0.717, 1.165) is 5.56 Å². The van der Waals surface area contributed by atoms with Crippen LogP contribution in [0.15, 0.2) is 24.3 Å². The third-order valence-electron chi connectivity index (χ3n) is 2.45. The first kappa shape index (κ1) is 12.1. The van der Waals surface area contributed by atoms with Crippen LogP contribution in [0.5, 0.6) is 0 Å². The summed E-state index contributed by atoms with van der Waals surface area (Å²) in [6.07, 6.45) is 0.708. The maximum absolute atomic E-state index is 12.9. The molecule has 0 heterocycles. The lowest BCUT2D eigenvalue weighted by Gasteiger charge is -2.19. The van der Waals surface area contributed by atoms with Gasteiger partial charge >= 0.3 is 0 Å². The fourth-order valence-corrected chi connectivity index (χ4v) is 1.58. The van der Waals surface area contributed by atoms with E-state index in [1.165, 1.54) is 12.1 Å². The molecule has 0 aliphatic heterocycles. The second-order valence-corrected chi connectivity index (χ2v) is 3.86. The van der Waals surface area contributed by atoms with Gasteiger partial charge in [0.1, 0.15) is 5.82 Å². The van der Waals surface area contributed by atoms with Crippen molar-refractivity contribution in [3.05, 3.63) is 35.6 Å². The number of hydrogen-bond acceptors (Lipinski definition) is 2. The molecule has 3 heteroatoms. The molecule has 0 spiro atoms. The van der Waals surface area contributed by atoms with Crippen molar-refractivity contribution in [3.8, 4) is 0 Å². The molecule has 2 N–H and O–H groups in total. The Balaban J connectivity index is 2.56. The van der Waals surface area contributed by atoms with Crippen LogP contribution in [0.4, 0.5) is 4.39 Å². The van der Waals surface area contributed by atoms with Gasteiger partial charge in [0.05, 0.1) is 0 Å². The summed E-state index contributed by atoms with van der Waals surface area (Å²) < 4.78 is 12.9. The zero-order chi connectivity index (χ0) is 11.3. The normalized spacial score (nSPS) is 14.9. The number of halogens is 1. The molecule has 0 aliphatic carbocycles. The molecule has 2 nitrogen and oxygen atoms in total. The Hall–Kier alpha value is -0.930. The standard InChI is InChI=1S/C12H18FNO/c1-9(6-7-15)14-10(2)11-4-3-5-12(13)8-11/h3-5,8-10,14-15H,6-7H2,1-2H3. The lowest BCUT2D eigenvalue weighted by molar-refractivity contribution is 0.264. The van der Waals surface area contributed by atoms with Crippen LogP contribution in [0.1, 0.15) is 31.9 Å². The van der Waals surface area contributed by atoms with Gasteiger partial charge in [-0.2, -0.15) is 0 Å². The number of benzene rings is 1. The van der Waals surface area contributed by atoms with Crippen LogP contribution in [-0.2, 0) is 0 Å². The van der Waals surface area contributed by atoms with E-state index in [0.29, 0.717) is 6.42 Å². The summed E-state index contributed by atoms with van der Waals surface area (Å²) in [5, 5.41) is 12.1. The summed E-state index contributed by atoms with van der Waals surface area (Å²) in [5.74, 6) is -0.212. The predicted molar refractivity (Wildman–Crippen MR) is 59.1 cm³/mol. The molecule has 0 bridgehead atoms. The molecule has 1 rings (SSSR count). The highest BCUT2D eigenvalue weighted by Gasteiger charge is 2.09. The van der Waals surface area contributed by atoms with Crippen molar-refractivity contribution >= 4 is 0 Å². The Bertz CT molecular complexity index is 303. The monoisotopic (exact) mass is 211 g/mol. The average Bonchev–Trinajstić information content (AvgIpc) is 2.18. The quantitative estimate of drug-likeness (QED) is 0.783. The predicted octanol–water partition coefficient (Wildman–Crippen LogP) is 2.25. The molecule has 1 aromatic rings. The Labute approximate surface area is 90.1 Å². The Morgan fingerprint density at radius 1 is 1.40 bits per heavy atom. The molecule has 0 radical (unpaired) electrons. The molecular weight excluding hydrogens is 193 g/mol. The van der Waals surface area contributed by atoms with Gasteiger partial charge in [-0.25, -0.2) is 4.39 Å². The zero-order valence-corrected chi connectivity index (χ0v) is 9.20. The van der Waals surface area contributed by atoms with E-state index in [4.69, 9.17) is 5.11 Å². The van der Waals surface area contributed by atoms with Crippen molar-refractivity contribution in [2.45, 2.75) is 32.4 Å². The van der Waals surface area contributed by atoms with Gasteiger partial charge in [0.25, 0.3) is 0 Å². The number of hydrogen-bond donors (Lipinski definition) is 2. The molecule has 2 unspecified atom stereocenters. The number of aliphatic hydroxyl groups excluding tert-OH is 1. The molecular formula is C12H18FNO. The van der Waals surface area contributed by atoms with E-state index in [9.17, 15) is 4.39 Å². The van der Waals surface area contributed by atoms with Gasteiger partial charge in [0.15, 0.2) is 0 Å². The highest BCUT2D eigenvalue weighted by molar-refractivity contribution is 5.19. The van der Waals surface area contributed by atoms with Crippen molar-refractivity contribution in [1.82, 2.24) is 5.32 Å². The topological polar surface area (TPSA) is 32.3 Å². The van der Waals surface area contributed by atoms with Crippen LogP contribution in [0.2, 0.25) is 0 Å². The SMILES string of the molecule is CC(CCO)NC(C)c1cccc(F)c1. The van der Waals surface area contributed by atoms with E-state index in [-0.39, 0.29) is 24.5 Å². The van der Waals surface area contributed by atoms with Crippen molar-refractivity contribution in [3.63, 3.8) is 0 Å². The zero-order valence-electron chi connectivity index (χ0n) is 9.20. The van der Waals surface area contributed by atoms with E-state index < -0.39 is 0 Å². The van der Waals surface area contributed by atoms with Gasteiger partial charge in [-0.1, -0.05) is 12.1 Å². The summed E-state index contributed by atoms with van der Waals surface area (Å²) in [6.45, 7) is 4.17. The van der Waals surface area contributed by atoms with E-state index in [1.807, 2.05) is 19.9 Å². The fourth-order valence-electron chi connectivity index (χ4n) is 1.58. The van der Waals surface area contributed by atoms with Crippen molar-refractivity contribution in [2.75, 3.05) is 6.61 Å². The van der Waals surface area contributed by atoms with Gasteiger partial charge < -0.3 is 10.4 Å². The summed E-state index contributed by atoms with van der Waals surface area (Å²) in [5.41, 5.74) is 0.930. The molecule has 0 saturated carbocycles. The molecule has 0 saturated heterocycles. The Kier molecular flexibility index (Phi) is 4.72. The maximum Gasteiger partial charge on any atom is 0.123 e. The fraction of sp³-hybridized carbons (Fsp3) is 0.500. The highest BCUT2D eigenvalue weighted by atomic mass is 19.1. The third-order valence-corrected chi connectivity index (χ3v) is 2.45. The third kappa shape index (κ3) is 3.98. The summed E-state index contributed by atoms with van der Waals surface area (Å²) in [4.78, 5) is 0. The molecule has 0 fully saturated rings.